The van der Waals surface area contributed by atoms with Gasteiger partial charge >= 0.3 is 0 Å². The van der Waals surface area contributed by atoms with Gasteiger partial charge in [0.25, 0.3) is 5.91 Å². The molecule has 6 nitrogen and oxygen atoms in total. The van der Waals surface area contributed by atoms with Gasteiger partial charge in [0.15, 0.2) is 17.3 Å². The van der Waals surface area contributed by atoms with Crippen molar-refractivity contribution in [1.82, 2.24) is 4.90 Å². The summed E-state index contributed by atoms with van der Waals surface area (Å²) in [6.45, 7) is 1.06. The van der Waals surface area contributed by atoms with Crippen molar-refractivity contribution in [2.24, 2.45) is 0 Å². The normalized spacial score (nSPS) is 16.9. The van der Waals surface area contributed by atoms with E-state index < -0.39 is 0 Å². The van der Waals surface area contributed by atoms with Crippen LogP contribution in [-0.4, -0.2) is 38.7 Å². The van der Waals surface area contributed by atoms with Crippen molar-refractivity contribution in [3.63, 3.8) is 0 Å². The van der Waals surface area contributed by atoms with Crippen LogP contribution in [0, 0.1) is 0 Å². The van der Waals surface area contributed by atoms with Gasteiger partial charge in [0.2, 0.25) is 0 Å². The summed E-state index contributed by atoms with van der Waals surface area (Å²) in [6.07, 6.45) is 1.86. The summed E-state index contributed by atoms with van der Waals surface area (Å²) in [7, 11) is 4.81. The van der Waals surface area contributed by atoms with Crippen LogP contribution in [0.25, 0.3) is 0 Å². The standard InChI is InChI=1S/C19H23NO5/c1-22-12-14-7-9-17(25-14)19(21)20-10-4-5-15(20)13-6-8-16(23-2)18(11-13)24-3/h6-9,11,15H,4-5,10,12H2,1-3H3. The van der Waals surface area contributed by atoms with E-state index in [0.29, 0.717) is 36.2 Å². The van der Waals surface area contributed by atoms with Crippen molar-refractivity contribution in [2.75, 3.05) is 27.9 Å². The third-order valence-corrected chi connectivity index (χ3v) is 4.47. The number of furan rings is 1. The van der Waals surface area contributed by atoms with E-state index in [1.165, 1.54) is 0 Å². The van der Waals surface area contributed by atoms with E-state index in [2.05, 4.69) is 0 Å². The molecule has 0 N–H and O–H groups in total. The predicted octanol–water partition coefficient (Wildman–Crippen LogP) is 3.42. The van der Waals surface area contributed by atoms with Crippen LogP contribution in [0.4, 0.5) is 0 Å². The van der Waals surface area contributed by atoms with Crippen LogP contribution in [0.15, 0.2) is 34.7 Å². The maximum atomic E-state index is 12.9. The summed E-state index contributed by atoms with van der Waals surface area (Å²) in [5.74, 6) is 2.24. The Morgan fingerprint density at radius 3 is 2.68 bits per heavy atom. The molecular formula is C19H23NO5. The minimum absolute atomic E-state index is 0.00304. The van der Waals surface area contributed by atoms with Gasteiger partial charge in [-0.15, -0.1) is 0 Å². The first-order chi connectivity index (χ1) is 12.2. The van der Waals surface area contributed by atoms with E-state index in [-0.39, 0.29) is 11.9 Å². The van der Waals surface area contributed by atoms with Crippen molar-refractivity contribution < 1.29 is 23.4 Å². The molecule has 134 valence electrons. The van der Waals surface area contributed by atoms with Crippen LogP contribution in [0.3, 0.4) is 0 Å². The molecule has 1 aliphatic rings. The first-order valence-corrected chi connectivity index (χ1v) is 8.28. The SMILES string of the molecule is COCc1ccc(C(=O)N2CCCC2c2ccc(OC)c(OC)c2)o1. The lowest BCUT2D eigenvalue weighted by Gasteiger charge is -2.25. The van der Waals surface area contributed by atoms with E-state index in [1.807, 2.05) is 23.1 Å². The first-order valence-electron chi connectivity index (χ1n) is 8.28. The molecule has 1 fully saturated rings. The second-order valence-corrected chi connectivity index (χ2v) is 5.97. The quantitative estimate of drug-likeness (QED) is 0.803. The molecule has 1 aromatic carbocycles. The van der Waals surface area contributed by atoms with E-state index >= 15 is 0 Å². The molecule has 0 radical (unpaired) electrons. The number of likely N-dealkylation sites (tertiary alicyclic amines) is 1. The van der Waals surface area contributed by atoms with Crippen LogP contribution < -0.4 is 9.47 Å². The molecule has 1 amide bonds. The zero-order valence-corrected chi connectivity index (χ0v) is 14.8. The zero-order chi connectivity index (χ0) is 17.8. The van der Waals surface area contributed by atoms with Gasteiger partial charge in [-0.25, -0.2) is 0 Å². The molecule has 0 aliphatic carbocycles. The number of methoxy groups -OCH3 is 3. The number of carbonyl (C=O) groups excluding carboxylic acids is 1. The van der Waals surface area contributed by atoms with Gasteiger partial charge < -0.3 is 23.5 Å². The van der Waals surface area contributed by atoms with Gasteiger partial charge in [0.05, 0.1) is 20.3 Å². The Labute approximate surface area is 147 Å². The molecule has 1 unspecified atom stereocenters. The van der Waals surface area contributed by atoms with Gasteiger partial charge in [0.1, 0.15) is 12.4 Å². The van der Waals surface area contributed by atoms with Crippen LogP contribution >= 0.6 is 0 Å². The van der Waals surface area contributed by atoms with Gasteiger partial charge in [0, 0.05) is 13.7 Å². The van der Waals surface area contributed by atoms with Gasteiger partial charge in [-0.2, -0.15) is 0 Å². The fourth-order valence-corrected chi connectivity index (χ4v) is 3.27. The summed E-state index contributed by atoms with van der Waals surface area (Å²) in [4.78, 5) is 14.7. The predicted molar refractivity (Wildman–Crippen MR) is 92.0 cm³/mol. The average molecular weight is 345 g/mol. The number of amides is 1. The topological polar surface area (TPSA) is 61.1 Å². The Morgan fingerprint density at radius 2 is 1.96 bits per heavy atom. The molecule has 1 atom stereocenters. The van der Waals surface area contributed by atoms with Crippen LogP contribution in [-0.2, 0) is 11.3 Å². The van der Waals surface area contributed by atoms with Crippen molar-refractivity contribution in [3.8, 4) is 11.5 Å². The average Bonchev–Trinajstić information content (AvgIpc) is 3.30. The maximum absolute atomic E-state index is 12.9. The third kappa shape index (κ3) is 3.49. The molecule has 0 saturated carbocycles. The number of nitrogens with zero attached hydrogens (tertiary/aromatic N) is 1. The number of carbonyl (C=O) groups is 1. The Bertz CT molecular complexity index is 739. The first kappa shape index (κ1) is 17.4. The lowest BCUT2D eigenvalue weighted by Crippen LogP contribution is -2.30. The van der Waals surface area contributed by atoms with Crippen molar-refractivity contribution in [3.05, 3.63) is 47.4 Å². The van der Waals surface area contributed by atoms with Crippen LogP contribution in [0.1, 0.15) is 40.8 Å². The maximum Gasteiger partial charge on any atom is 0.290 e. The third-order valence-electron chi connectivity index (χ3n) is 4.47. The van der Waals surface area contributed by atoms with Crippen LogP contribution in [0.2, 0.25) is 0 Å². The highest BCUT2D eigenvalue weighted by Crippen LogP contribution is 2.37. The molecule has 1 saturated heterocycles. The summed E-state index contributed by atoms with van der Waals surface area (Å²) in [5.41, 5.74) is 1.03. The smallest absolute Gasteiger partial charge is 0.290 e. The largest absolute Gasteiger partial charge is 0.493 e. The number of benzene rings is 1. The fourth-order valence-electron chi connectivity index (χ4n) is 3.27. The van der Waals surface area contributed by atoms with E-state index in [4.69, 9.17) is 18.6 Å². The Kier molecular flexibility index (Phi) is 5.28. The van der Waals surface area contributed by atoms with E-state index in [9.17, 15) is 4.79 Å². The minimum Gasteiger partial charge on any atom is -0.493 e. The zero-order valence-electron chi connectivity index (χ0n) is 14.8. The molecule has 1 aromatic heterocycles. The van der Waals surface area contributed by atoms with Crippen molar-refractivity contribution >= 4 is 5.91 Å². The number of rotatable bonds is 6. The summed E-state index contributed by atoms with van der Waals surface area (Å²) >= 11 is 0. The summed E-state index contributed by atoms with van der Waals surface area (Å²) in [6, 6.07) is 9.28. The molecule has 25 heavy (non-hydrogen) atoms. The van der Waals surface area contributed by atoms with Crippen molar-refractivity contribution in [2.45, 2.75) is 25.5 Å². The van der Waals surface area contributed by atoms with Gasteiger partial charge in [-0.3, -0.25) is 4.79 Å². The molecule has 2 aromatic rings. The fraction of sp³-hybridized carbons (Fsp3) is 0.421. The van der Waals surface area contributed by atoms with Gasteiger partial charge in [-0.05, 0) is 42.7 Å². The van der Waals surface area contributed by atoms with Gasteiger partial charge in [-0.1, -0.05) is 6.07 Å². The van der Waals surface area contributed by atoms with Crippen LogP contribution in [0.5, 0.6) is 11.5 Å². The Hall–Kier alpha value is -2.47. The number of hydrogen-bond donors (Lipinski definition) is 0. The summed E-state index contributed by atoms with van der Waals surface area (Å²) < 4.78 is 21.3. The highest BCUT2D eigenvalue weighted by atomic mass is 16.5. The molecule has 3 rings (SSSR count). The molecule has 1 aliphatic heterocycles. The molecule has 2 heterocycles. The molecule has 0 bridgehead atoms. The van der Waals surface area contributed by atoms with E-state index in [0.717, 1.165) is 18.4 Å². The molecular weight excluding hydrogens is 322 g/mol. The highest BCUT2D eigenvalue weighted by molar-refractivity contribution is 5.92. The Morgan fingerprint density at radius 1 is 1.16 bits per heavy atom. The number of hydrogen-bond acceptors (Lipinski definition) is 5. The number of ether oxygens (including phenoxy) is 3. The molecule has 0 spiro atoms. The second-order valence-electron chi connectivity index (χ2n) is 5.97. The second kappa shape index (κ2) is 7.61. The monoisotopic (exact) mass is 345 g/mol. The summed E-state index contributed by atoms with van der Waals surface area (Å²) in [5, 5.41) is 0. The lowest BCUT2D eigenvalue weighted by atomic mass is 10.0. The lowest BCUT2D eigenvalue weighted by molar-refractivity contribution is 0.0695. The minimum atomic E-state index is -0.0976. The molecule has 6 heteroatoms. The Balaban J connectivity index is 1.83. The highest BCUT2D eigenvalue weighted by Gasteiger charge is 2.32. The van der Waals surface area contributed by atoms with Crippen molar-refractivity contribution in [1.29, 1.82) is 0 Å². The van der Waals surface area contributed by atoms with E-state index in [1.54, 1.807) is 33.5 Å².